The number of hydrogen-bond donors (Lipinski definition) is 2. The molecule has 0 aromatic heterocycles. The zero-order valence-corrected chi connectivity index (χ0v) is 9.67. The zero-order valence-electron chi connectivity index (χ0n) is 8.09. The topological polar surface area (TPSA) is 57.5 Å². The molecule has 0 radical (unpaired) electrons. The average Bonchev–Trinajstić information content (AvgIpc) is 2.03. The molecular formula is C9H17BrO3. The van der Waals surface area contributed by atoms with E-state index in [4.69, 9.17) is 5.11 Å². The van der Waals surface area contributed by atoms with E-state index in [0.29, 0.717) is 12.8 Å². The minimum Gasteiger partial charge on any atom is -0.479 e. The van der Waals surface area contributed by atoms with Crippen LogP contribution in [0.25, 0.3) is 0 Å². The molecule has 2 N–H and O–H groups in total. The molecule has 0 heterocycles. The Kier molecular flexibility index (Phi) is 5.56. The quantitative estimate of drug-likeness (QED) is 0.713. The molecule has 0 aromatic carbocycles. The van der Waals surface area contributed by atoms with E-state index in [1.165, 1.54) is 0 Å². The molecule has 0 unspecified atom stereocenters. The summed E-state index contributed by atoms with van der Waals surface area (Å²) in [6.45, 7) is 3.94. The van der Waals surface area contributed by atoms with Gasteiger partial charge in [-0.05, 0) is 12.8 Å². The van der Waals surface area contributed by atoms with Gasteiger partial charge in [0.05, 0.1) is 4.32 Å². The van der Waals surface area contributed by atoms with Crippen LogP contribution < -0.4 is 0 Å². The van der Waals surface area contributed by atoms with Crippen molar-refractivity contribution < 1.29 is 15.0 Å². The van der Waals surface area contributed by atoms with Crippen LogP contribution in [0.15, 0.2) is 0 Å². The van der Waals surface area contributed by atoms with E-state index in [1.54, 1.807) is 0 Å². The smallest absolute Gasteiger partial charge is 0.333 e. The van der Waals surface area contributed by atoms with Gasteiger partial charge in [0.15, 0.2) is 6.10 Å². The van der Waals surface area contributed by atoms with Gasteiger partial charge in [-0.3, -0.25) is 0 Å². The van der Waals surface area contributed by atoms with Gasteiger partial charge in [-0.1, -0.05) is 42.6 Å². The van der Waals surface area contributed by atoms with Gasteiger partial charge in [-0.25, -0.2) is 4.79 Å². The molecule has 0 amide bonds. The maximum Gasteiger partial charge on any atom is 0.333 e. The van der Waals surface area contributed by atoms with Crippen molar-refractivity contribution in [2.45, 2.75) is 50.0 Å². The third-order valence-corrected chi connectivity index (χ3v) is 3.28. The third kappa shape index (κ3) is 3.65. The Balaban J connectivity index is 4.45. The van der Waals surface area contributed by atoms with Crippen molar-refractivity contribution in [1.82, 2.24) is 0 Å². The Hall–Kier alpha value is -0.0900. The summed E-state index contributed by atoms with van der Waals surface area (Å²) in [6.07, 6.45) is 1.75. The third-order valence-electron chi connectivity index (χ3n) is 2.06. The minimum absolute atomic E-state index is 0.650. The normalized spacial score (nSPS) is 14.2. The monoisotopic (exact) mass is 252 g/mol. The SMILES string of the molecule is CCCC(Br)(CCC)[C@@H](O)C(=O)O. The molecule has 0 spiro atoms. The van der Waals surface area contributed by atoms with Gasteiger partial charge < -0.3 is 10.2 Å². The number of aliphatic hydroxyl groups is 1. The fraction of sp³-hybridized carbons (Fsp3) is 0.889. The number of hydrogen-bond acceptors (Lipinski definition) is 2. The summed E-state index contributed by atoms with van der Waals surface area (Å²) in [6, 6.07) is 0. The number of halogens is 1. The highest BCUT2D eigenvalue weighted by Gasteiger charge is 2.38. The molecule has 78 valence electrons. The first-order valence-corrected chi connectivity index (χ1v) is 5.37. The molecular weight excluding hydrogens is 236 g/mol. The van der Waals surface area contributed by atoms with E-state index in [0.717, 1.165) is 12.8 Å². The van der Waals surface area contributed by atoms with E-state index in [1.807, 2.05) is 13.8 Å². The van der Waals surface area contributed by atoms with Gasteiger partial charge in [0, 0.05) is 0 Å². The molecule has 4 heteroatoms. The summed E-state index contributed by atoms with van der Waals surface area (Å²) in [4.78, 5) is 10.6. The number of carboxylic acids is 1. The van der Waals surface area contributed by atoms with Crippen LogP contribution in [-0.2, 0) is 4.79 Å². The predicted octanol–water partition coefficient (Wildman–Crippen LogP) is 2.17. The van der Waals surface area contributed by atoms with Crippen molar-refractivity contribution in [3.63, 3.8) is 0 Å². The first-order valence-electron chi connectivity index (χ1n) is 4.57. The highest BCUT2D eigenvalue weighted by molar-refractivity contribution is 9.10. The summed E-state index contributed by atoms with van der Waals surface area (Å²) in [7, 11) is 0. The number of carbonyl (C=O) groups is 1. The van der Waals surface area contributed by atoms with Crippen LogP contribution in [0.1, 0.15) is 39.5 Å². The van der Waals surface area contributed by atoms with Gasteiger partial charge >= 0.3 is 5.97 Å². The van der Waals surface area contributed by atoms with Crippen LogP contribution >= 0.6 is 15.9 Å². The van der Waals surface area contributed by atoms with E-state index in [2.05, 4.69) is 15.9 Å². The van der Waals surface area contributed by atoms with Crippen molar-refractivity contribution in [3.8, 4) is 0 Å². The van der Waals surface area contributed by atoms with Gasteiger partial charge in [0.1, 0.15) is 0 Å². The Bertz CT molecular complexity index is 164. The second-order valence-corrected chi connectivity index (χ2v) is 4.85. The Morgan fingerprint density at radius 3 is 2.00 bits per heavy atom. The lowest BCUT2D eigenvalue weighted by molar-refractivity contribution is -0.148. The minimum atomic E-state index is -1.31. The Morgan fingerprint density at radius 1 is 1.38 bits per heavy atom. The highest BCUT2D eigenvalue weighted by Crippen LogP contribution is 2.33. The van der Waals surface area contributed by atoms with Crippen molar-refractivity contribution in [2.75, 3.05) is 0 Å². The standard InChI is InChI=1S/C9H17BrO3/c1-3-5-9(10,6-4-2)7(11)8(12)13/h7,11H,3-6H2,1-2H3,(H,12,13)/t7-/m0/s1. The number of alkyl halides is 1. The van der Waals surface area contributed by atoms with Crippen LogP contribution in [0, 0.1) is 0 Å². The van der Waals surface area contributed by atoms with Gasteiger partial charge in [-0.15, -0.1) is 0 Å². The van der Waals surface area contributed by atoms with Gasteiger partial charge in [0.2, 0.25) is 0 Å². The van der Waals surface area contributed by atoms with E-state index in [9.17, 15) is 9.90 Å². The van der Waals surface area contributed by atoms with Crippen molar-refractivity contribution >= 4 is 21.9 Å². The molecule has 0 aliphatic carbocycles. The number of rotatable bonds is 6. The largest absolute Gasteiger partial charge is 0.479 e. The van der Waals surface area contributed by atoms with E-state index >= 15 is 0 Å². The van der Waals surface area contributed by atoms with Crippen LogP contribution in [0.3, 0.4) is 0 Å². The fourth-order valence-electron chi connectivity index (χ4n) is 1.45. The molecule has 3 nitrogen and oxygen atoms in total. The first kappa shape index (κ1) is 12.9. The summed E-state index contributed by atoms with van der Waals surface area (Å²) in [5, 5.41) is 18.2. The van der Waals surface area contributed by atoms with E-state index in [-0.39, 0.29) is 0 Å². The van der Waals surface area contributed by atoms with Crippen molar-refractivity contribution in [3.05, 3.63) is 0 Å². The van der Waals surface area contributed by atoms with Gasteiger partial charge in [0.25, 0.3) is 0 Å². The molecule has 0 aliphatic rings. The highest BCUT2D eigenvalue weighted by atomic mass is 79.9. The van der Waals surface area contributed by atoms with Crippen LogP contribution in [0.5, 0.6) is 0 Å². The summed E-state index contributed by atoms with van der Waals surface area (Å²) in [5.74, 6) is -1.15. The Labute approximate surface area is 87.3 Å². The molecule has 0 fully saturated rings. The molecule has 13 heavy (non-hydrogen) atoms. The predicted molar refractivity (Wildman–Crippen MR) is 55.1 cm³/mol. The molecule has 0 rings (SSSR count). The molecule has 1 atom stereocenters. The first-order chi connectivity index (χ1) is 5.98. The lowest BCUT2D eigenvalue weighted by Gasteiger charge is -2.29. The second-order valence-electron chi connectivity index (χ2n) is 3.28. The molecule has 0 saturated heterocycles. The summed E-state index contributed by atoms with van der Waals surface area (Å²) >= 11 is 3.34. The molecule has 0 aromatic rings. The molecule has 0 aliphatic heterocycles. The molecule has 0 bridgehead atoms. The van der Waals surface area contributed by atoms with Crippen LogP contribution in [-0.4, -0.2) is 26.6 Å². The maximum atomic E-state index is 10.6. The van der Waals surface area contributed by atoms with Crippen molar-refractivity contribution in [2.24, 2.45) is 0 Å². The van der Waals surface area contributed by atoms with Crippen LogP contribution in [0.4, 0.5) is 0 Å². The number of aliphatic carboxylic acids is 1. The second kappa shape index (κ2) is 5.60. The fourth-order valence-corrected chi connectivity index (χ4v) is 2.44. The van der Waals surface area contributed by atoms with E-state index < -0.39 is 16.4 Å². The molecule has 0 saturated carbocycles. The lowest BCUT2D eigenvalue weighted by Crippen LogP contribution is -2.42. The summed E-state index contributed by atoms with van der Waals surface area (Å²) < 4.78 is -0.650. The summed E-state index contributed by atoms with van der Waals surface area (Å²) in [5.41, 5.74) is 0. The average molecular weight is 253 g/mol. The van der Waals surface area contributed by atoms with Gasteiger partial charge in [-0.2, -0.15) is 0 Å². The van der Waals surface area contributed by atoms with Crippen LogP contribution in [0.2, 0.25) is 0 Å². The number of aliphatic hydroxyl groups excluding tert-OH is 1. The lowest BCUT2D eigenvalue weighted by atomic mass is 9.92. The Morgan fingerprint density at radius 2 is 1.77 bits per heavy atom. The number of carboxylic acid groups (broad SMARTS) is 1. The zero-order chi connectivity index (χ0) is 10.5. The van der Waals surface area contributed by atoms with Crippen molar-refractivity contribution in [1.29, 1.82) is 0 Å². The maximum absolute atomic E-state index is 10.6.